The van der Waals surface area contributed by atoms with Crippen LogP contribution in [0.25, 0.3) is 0 Å². The standard InChI is InChI=1S/C17H24N2O2/c20-17(14-4-2-1-3-5-14)21-16-8-12-19(13-9-16)15-6-10-18-11-7-15/h1-5,15-16,18H,6-13H2. The minimum atomic E-state index is -0.184. The lowest BCUT2D eigenvalue weighted by Crippen LogP contribution is -2.47. The molecule has 21 heavy (non-hydrogen) atoms. The van der Waals surface area contributed by atoms with E-state index >= 15 is 0 Å². The summed E-state index contributed by atoms with van der Waals surface area (Å²) in [7, 11) is 0. The fraction of sp³-hybridized carbons (Fsp3) is 0.588. The van der Waals surface area contributed by atoms with E-state index in [0.29, 0.717) is 5.56 Å². The number of piperidine rings is 2. The first kappa shape index (κ1) is 14.5. The van der Waals surface area contributed by atoms with E-state index in [2.05, 4.69) is 10.2 Å². The Labute approximate surface area is 126 Å². The summed E-state index contributed by atoms with van der Waals surface area (Å²) in [5.41, 5.74) is 0.651. The molecule has 0 unspecified atom stereocenters. The molecule has 0 aliphatic carbocycles. The molecule has 0 saturated carbocycles. The van der Waals surface area contributed by atoms with Crippen LogP contribution >= 0.6 is 0 Å². The fourth-order valence-corrected chi connectivity index (χ4v) is 3.32. The Balaban J connectivity index is 1.46. The van der Waals surface area contributed by atoms with E-state index in [-0.39, 0.29) is 12.1 Å². The SMILES string of the molecule is O=C(OC1CCN(C2CCNCC2)CC1)c1ccccc1. The molecule has 114 valence electrons. The summed E-state index contributed by atoms with van der Waals surface area (Å²) in [5.74, 6) is -0.184. The largest absolute Gasteiger partial charge is 0.459 e. The lowest BCUT2D eigenvalue weighted by molar-refractivity contribution is 0.00369. The summed E-state index contributed by atoms with van der Waals surface area (Å²) < 4.78 is 5.64. The molecule has 0 radical (unpaired) electrons. The minimum Gasteiger partial charge on any atom is -0.459 e. The molecular weight excluding hydrogens is 264 g/mol. The second kappa shape index (κ2) is 7.05. The zero-order valence-electron chi connectivity index (χ0n) is 12.5. The highest BCUT2D eigenvalue weighted by atomic mass is 16.5. The molecule has 2 aliphatic heterocycles. The number of esters is 1. The summed E-state index contributed by atoms with van der Waals surface area (Å²) in [4.78, 5) is 14.6. The molecule has 3 rings (SSSR count). The smallest absolute Gasteiger partial charge is 0.338 e. The van der Waals surface area contributed by atoms with Crippen molar-refractivity contribution in [3.63, 3.8) is 0 Å². The van der Waals surface area contributed by atoms with Crippen LogP contribution in [0.4, 0.5) is 0 Å². The topological polar surface area (TPSA) is 41.6 Å². The van der Waals surface area contributed by atoms with Crippen LogP contribution in [0.1, 0.15) is 36.0 Å². The molecular formula is C17H24N2O2. The number of carbonyl (C=O) groups excluding carboxylic acids is 1. The van der Waals surface area contributed by atoms with Crippen LogP contribution in [0.2, 0.25) is 0 Å². The molecule has 0 spiro atoms. The summed E-state index contributed by atoms with van der Waals surface area (Å²) in [5, 5.41) is 3.41. The van der Waals surface area contributed by atoms with Crippen LogP contribution in [-0.4, -0.2) is 49.2 Å². The van der Waals surface area contributed by atoms with Crippen LogP contribution in [0.15, 0.2) is 30.3 Å². The van der Waals surface area contributed by atoms with Crippen molar-refractivity contribution in [2.45, 2.75) is 37.8 Å². The van der Waals surface area contributed by atoms with Gasteiger partial charge in [-0.2, -0.15) is 0 Å². The molecule has 2 saturated heterocycles. The maximum Gasteiger partial charge on any atom is 0.338 e. The second-order valence-corrected chi connectivity index (χ2v) is 5.99. The number of hydrogen-bond donors (Lipinski definition) is 1. The van der Waals surface area contributed by atoms with E-state index in [0.717, 1.165) is 45.1 Å². The Bertz CT molecular complexity index is 449. The van der Waals surface area contributed by atoms with Crippen molar-refractivity contribution in [3.05, 3.63) is 35.9 Å². The predicted octanol–water partition coefficient (Wildman–Crippen LogP) is 2.06. The third-order valence-electron chi connectivity index (χ3n) is 4.58. The number of nitrogens with one attached hydrogen (secondary N) is 1. The number of ether oxygens (including phenoxy) is 1. The summed E-state index contributed by atoms with van der Waals surface area (Å²) in [6, 6.07) is 10.00. The second-order valence-electron chi connectivity index (χ2n) is 5.99. The molecule has 2 aliphatic rings. The summed E-state index contributed by atoms with van der Waals surface area (Å²) in [6.45, 7) is 4.37. The Morgan fingerprint density at radius 2 is 1.71 bits per heavy atom. The number of likely N-dealkylation sites (tertiary alicyclic amines) is 1. The van der Waals surface area contributed by atoms with Crippen molar-refractivity contribution in [1.82, 2.24) is 10.2 Å². The Hall–Kier alpha value is -1.39. The molecule has 0 amide bonds. The van der Waals surface area contributed by atoms with Gasteiger partial charge in [0, 0.05) is 19.1 Å². The highest BCUT2D eigenvalue weighted by Gasteiger charge is 2.27. The first-order chi connectivity index (χ1) is 10.3. The van der Waals surface area contributed by atoms with Gasteiger partial charge < -0.3 is 15.0 Å². The molecule has 0 atom stereocenters. The van der Waals surface area contributed by atoms with Crippen molar-refractivity contribution in [1.29, 1.82) is 0 Å². The van der Waals surface area contributed by atoms with Crippen LogP contribution < -0.4 is 5.32 Å². The summed E-state index contributed by atoms with van der Waals surface area (Å²) in [6.07, 6.45) is 4.49. The molecule has 0 aromatic heterocycles. The molecule has 4 heteroatoms. The first-order valence-electron chi connectivity index (χ1n) is 8.04. The normalized spacial score (nSPS) is 22.1. The first-order valence-corrected chi connectivity index (χ1v) is 8.04. The average Bonchev–Trinajstić information content (AvgIpc) is 2.57. The van der Waals surface area contributed by atoms with Gasteiger partial charge in [-0.3, -0.25) is 0 Å². The monoisotopic (exact) mass is 288 g/mol. The van der Waals surface area contributed by atoms with Gasteiger partial charge in [0.15, 0.2) is 0 Å². The third-order valence-corrected chi connectivity index (χ3v) is 4.58. The minimum absolute atomic E-state index is 0.0793. The average molecular weight is 288 g/mol. The predicted molar refractivity (Wildman–Crippen MR) is 82.3 cm³/mol. The van der Waals surface area contributed by atoms with Crippen molar-refractivity contribution in [2.75, 3.05) is 26.2 Å². The molecule has 2 heterocycles. The molecule has 1 aromatic carbocycles. The molecule has 2 fully saturated rings. The highest BCUT2D eigenvalue weighted by Crippen LogP contribution is 2.21. The van der Waals surface area contributed by atoms with Gasteiger partial charge in [-0.25, -0.2) is 4.79 Å². The van der Waals surface area contributed by atoms with Gasteiger partial charge in [-0.1, -0.05) is 18.2 Å². The van der Waals surface area contributed by atoms with Crippen LogP contribution in [-0.2, 0) is 4.74 Å². The molecule has 1 aromatic rings. The highest BCUT2D eigenvalue weighted by molar-refractivity contribution is 5.89. The van der Waals surface area contributed by atoms with E-state index in [1.807, 2.05) is 30.3 Å². The van der Waals surface area contributed by atoms with Gasteiger partial charge in [0.1, 0.15) is 6.10 Å². The summed E-state index contributed by atoms with van der Waals surface area (Å²) >= 11 is 0. The Kier molecular flexibility index (Phi) is 4.88. The van der Waals surface area contributed by atoms with Gasteiger partial charge in [-0.05, 0) is 50.9 Å². The van der Waals surface area contributed by atoms with Gasteiger partial charge in [0.2, 0.25) is 0 Å². The molecule has 4 nitrogen and oxygen atoms in total. The van der Waals surface area contributed by atoms with E-state index in [1.54, 1.807) is 0 Å². The lowest BCUT2D eigenvalue weighted by atomic mass is 10.00. The number of carbonyl (C=O) groups is 1. The zero-order valence-corrected chi connectivity index (χ0v) is 12.5. The Morgan fingerprint density at radius 3 is 2.38 bits per heavy atom. The van der Waals surface area contributed by atoms with Crippen molar-refractivity contribution >= 4 is 5.97 Å². The number of rotatable bonds is 3. The van der Waals surface area contributed by atoms with Crippen LogP contribution in [0.3, 0.4) is 0 Å². The van der Waals surface area contributed by atoms with Crippen molar-refractivity contribution in [3.8, 4) is 0 Å². The van der Waals surface area contributed by atoms with E-state index in [4.69, 9.17) is 4.74 Å². The number of nitrogens with zero attached hydrogens (tertiary/aromatic N) is 1. The van der Waals surface area contributed by atoms with E-state index < -0.39 is 0 Å². The van der Waals surface area contributed by atoms with Crippen LogP contribution in [0, 0.1) is 0 Å². The van der Waals surface area contributed by atoms with Gasteiger partial charge in [0.05, 0.1) is 5.56 Å². The molecule has 1 N–H and O–H groups in total. The van der Waals surface area contributed by atoms with E-state index in [9.17, 15) is 4.79 Å². The van der Waals surface area contributed by atoms with Crippen molar-refractivity contribution in [2.24, 2.45) is 0 Å². The molecule has 0 bridgehead atoms. The third kappa shape index (κ3) is 3.83. The quantitative estimate of drug-likeness (QED) is 0.865. The zero-order chi connectivity index (χ0) is 14.5. The maximum absolute atomic E-state index is 12.1. The van der Waals surface area contributed by atoms with Gasteiger partial charge in [0.25, 0.3) is 0 Å². The van der Waals surface area contributed by atoms with E-state index in [1.165, 1.54) is 12.8 Å². The maximum atomic E-state index is 12.1. The van der Waals surface area contributed by atoms with Gasteiger partial charge >= 0.3 is 5.97 Å². The van der Waals surface area contributed by atoms with Gasteiger partial charge in [-0.15, -0.1) is 0 Å². The van der Waals surface area contributed by atoms with Crippen LogP contribution in [0.5, 0.6) is 0 Å². The lowest BCUT2D eigenvalue weighted by Gasteiger charge is -2.39. The number of hydrogen-bond acceptors (Lipinski definition) is 4. The number of benzene rings is 1. The van der Waals surface area contributed by atoms with Crippen molar-refractivity contribution < 1.29 is 9.53 Å². The fourth-order valence-electron chi connectivity index (χ4n) is 3.32. The Morgan fingerprint density at radius 1 is 1.05 bits per heavy atom.